The molecule has 2 aromatic heterocycles. The van der Waals surface area contributed by atoms with Gasteiger partial charge in [-0.2, -0.15) is 0 Å². The molecule has 0 saturated heterocycles. The van der Waals surface area contributed by atoms with E-state index in [0.29, 0.717) is 30.7 Å². The molecule has 7 heteroatoms. The number of rotatable bonds is 7. The first kappa shape index (κ1) is 15.1. The first-order chi connectivity index (χ1) is 10.2. The predicted octanol–water partition coefficient (Wildman–Crippen LogP) is 1.87. The highest BCUT2D eigenvalue weighted by Gasteiger charge is 2.09. The minimum Gasteiger partial charge on any atom is -0.374 e. The Balaban J connectivity index is 2.14. The number of nitrogens with one attached hydrogen (secondary N) is 2. The first-order valence-electron chi connectivity index (χ1n) is 6.82. The molecular weight excluding hydrogens is 268 g/mol. The van der Waals surface area contributed by atoms with E-state index in [0.717, 1.165) is 5.69 Å². The van der Waals surface area contributed by atoms with E-state index in [1.165, 1.54) is 0 Å². The molecule has 0 aromatic carbocycles. The van der Waals surface area contributed by atoms with Crippen LogP contribution < -0.4 is 16.6 Å². The molecule has 0 amide bonds. The van der Waals surface area contributed by atoms with Crippen LogP contribution in [0.1, 0.15) is 31.4 Å². The van der Waals surface area contributed by atoms with Gasteiger partial charge in [0.1, 0.15) is 18.2 Å². The standard InChI is InChI=1S/C14H20N6O/c1-3-21-9-14-18-12(8-13(19-14)20-15)17-10(2)11-6-4-5-7-16-11/h4-8,10H,3,9,15H2,1-2H3,(H2,17,18,19,20). The highest BCUT2D eigenvalue weighted by Crippen LogP contribution is 2.18. The number of ether oxygens (including phenoxy) is 1. The van der Waals surface area contributed by atoms with Crippen LogP contribution in [0.5, 0.6) is 0 Å². The van der Waals surface area contributed by atoms with Gasteiger partial charge in [-0.1, -0.05) is 6.07 Å². The lowest BCUT2D eigenvalue weighted by Gasteiger charge is -2.15. The summed E-state index contributed by atoms with van der Waals surface area (Å²) in [4.78, 5) is 13.0. The second-order valence-electron chi connectivity index (χ2n) is 4.46. The van der Waals surface area contributed by atoms with Crippen molar-refractivity contribution in [3.63, 3.8) is 0 Å². The lowest BCUT2D eigenvalue weighted by Crippen LogP contribution is -2.14. The van der Waals surface area contributed by atoms with Gasteiger partial charge in [0.05, 0.1) is 11.7 Å². The van der Waals surface area contributed by atoms with Crippen LogP contribution in [0.3, 0.4) is 0 Å². The van der Waals surface area contributed by atoms with E-state index in [2.05, 4.69) is 25.7 Å². The summed E-state index contributed by atoms with van der Waals surface area (Å²) < 4.78 is 5.33. The fourth-order valence-corrected chi connectivity index (χ4v) is 1.83. The number of hydrazine groups is 1. The van der Waals surface area contributed by atoms with Crippen molar-refractivity contribution >= 4 is 11.6 Å². The van der Waals surface area contributed by atoms with Gasteiger partial charge >= 0.3 is 0 Å². The average Bonchev–Trinajstić information content (AvgIpc) is 2.53. The Bertz CT molecular complexity index is 563. The fourth-order valence-electron chi connectivity index (χ4n) is 1.83. The smallest absolute Gasteiger partial charge is 0.158 e. The van der Waals surface area contributed by atoms with Crippen molar-refractivity contribution in [2.45, 2.75) is 26.5 Å². The molecule has 0 aliphatic carbocycles. The first-order valence-corrected chi connectivity index (χ1v) is 6.82. The van der Waals surface area contributed by atoms with Gasteiger partial charge < -0.3 is 15.5 Å². The van der Waals surface area contributed by atoms with Gasteiger partial charge in [0, 0.05) is 18.9 Å². The van der Waals surface area contributed by atoms with Crippen molar-refractivity contribution in [3.05, 3.63) is 42.0 Å². The van der Waals surface area contributed by atoms with Gasteiger partial charge in [-0.05, 0) is 26.0 Å². The zero-order valence-electron chi connectivity index (χ0n) is 12.2. The number of hydrogen-bond acceptors (Lipinski definition) is 7. The number of anilines is 2. The van der Waals surface area contributed by atoms with Crippen LogP contribution in [0.2, 0.25) is 0 Å². The molecule has 7 nitrogen and oxygen atoms in total. The molecule has 0 aliphatic heterocycles. The third-order valence-electron chi connectivity index (χ3n) is 2.85. The monoisotopic (exact) mass is 288 g/mol. The van der Waals surface area contributed by atoms with E-state index in [-0.39, 0.29) is 6.04 Å². The Morgan fingerprint density at radius 2 is 2.10 bits per heavy atom. The summed E-state index contributed by atoms with van der Waals surface area (Å²) in [5.41, 5.74) is 3.47. The Morgan fingerprint density at radius 3 is 2.76 bits per heavy atom. The van der Waals surface area contributed by atoms with Crippen molar-refractivity contribution in [1.29, 1.82) is 0 Å². The zero-order valence-corrected chi connectivity index (χ0v) is 12.2. The van der Waals surface area contributed by atoms with Crippen LogP contribution in [0.4, 0.5) is 11.6 Å². The predicted molar refractivity (Wildman–Crippen MR) is 81.4 cm³/mol. The van der Waals surface area contributed by atoms with E-state index < -0.39 is 0 Å². The molecule has 0 aliphatic rings. The van der Waals surface area contributed by atoms with E-state index in [9.17, 15) is 0 Å². The largest absolute Gasteiger partial charge is 0.374 e. The van der Waals surface area contributed by atoms with E-state index in [4.69, 9.17) is 10.6 Å². The molecule has 0 radical (unpaired) electrons. The molecule has 2 heterocycles. The summed E-state index contributed by atoms with van der Waals surface area (Å²) >= 11 is 0. The van der Waals surface area contributed by atoms with Crippen molar-refractivity contribution < 1.29 is 4.74 Å². The number of pyridine rings is 1. The maximum absolute atomic E-state index is 5.44. The van der Waals surface area contributed by atoms with Gasteiger partial charge in [-0.15, -0.1) is 0 Å². The molecule has 0 fully saturated rings. The molecule has 21 heavy (non-hydrogen) atoms. The number of nitrogens with two attached hydrogens (primary N) is 1. The summed E-state index contributed by atoms with van der Waals surface area (Å²) in [5.74, 6) is 7.22. The third-order valence-corrected chi connectivity index (χ3v) is 2.85. The van der Waals surface area contributed by atoms with Gasteiger partial charge in [-0.3, -0.25) is 4.98 Å². The summed E-state index contributed by atoms with van der Waals surface area (Å²) in [6.45, 7) is 4.89. The molecule has 0 bridgehead atoms. The van der Waals surface area contributed by atoms with E-state index >= 15 is 0 Å². The van der Waals surface area contributed by atoms with Crippen molar-refractivity contribution in [3.8, 4) is 0 Å². The van der Waals surface area contributed by atoms with E-state index in [1.54, 1.807) is 12.3 Å². The molecule has 112 valence electrons. The molecule has 1 unspecified atom stereocenters. The number of aromatic nitrogens is 3. The summed E-state index contributed by atoms with van der Waals surface area (Å²) in [6, 6.07) is 7.56. The van der Waals surface area contributed by atoms with Crippen LogP contribution in [-0.2, 0) is 11.3 Å². The highest BCUT2D eigenvalue weighted by molar-refractivity contribution is 5.47. The molecule has 2 rings (SSSR count). The maximum atomic E-state index is 5.44. The normalized spacial score (nSPS) is 12.0. The van der Waals surface area contributed by atoms with Crippen LogP contribution in [0, 0.1) is 0 Å². The Kier molecular flexibility index (Phi) is 5.42. The van der Waals surface area contributed by atoms with Crippen molar-refractivity contribution in [2.24, 2.45) is 5.84 Å². The summed E-state index contributed by atoms with van der Waals surface area (Å²) in [5, 5.41) is 3.28. The van der Waals surface area contributed by atoms with Gasteiger partial charge in [0.25, 0.3) is 0 Å². The molecule has 0 spiro atoms. The topological polar surface area (TPSA) is 98.0 Å². The van der Waals surface area contributed by atoms with Crippen LogP contribution in [0.15, 0.2) is 30.5 Å². The number of nitrogen functional groups attached to an aromatic ring is 1. The second kappa shape index (κ2) is 7.51. The Hall–Kier alpha value is -2.25. The Morgan fingerprint density at radius 1 is 1.29 bits per heavy atom. The summed E-state index contributed by atoms with van der Waals surface area (Å²) in [7, 11) is 0. The molecule has 4 N–H and O–H groups in total. The van der Waals surface area contributed by atoms with Crippen LogP contribution >= 0.6 is 0 Å². The van der Waals surface area contributed by atoms with E-state index in [1.807, 2.05) is 32.0 Å². The van der Waals surface area contributed by atoms with Gasteiger partial charge in [0.15, 0.2) is 5.82 Å². The van der Waals surface area contributed by atoms with Gasteiger partial charge in [0.2, 0.25) is 0 Å². The highest BCUT2D eigenvalue weighted by atomic mass is 16.5. The third kappa shape index (κ3) is 4.37. The summed E-state index contributed by atoms with van der Waals surface area (Å²) in [6.07, 6.45) is 1.76. The fraction of sp³-hybridized carbons (Fsp3) is 0.357. The molecule has 0 saturated carbocycles. The SMILES string of the molecule is CCOCc1nc(NN)cc(NC(C)c2ccccn2)n1. The molecular formula is C14H20N6O. The van der Waals surface area contributed by atoms with Crippen molar-refractivity contribution in [2.75, 3.05) is 17.3 Å². The molecule has 1 atom stereocenters. The quantitative estimate of drug-likeness (QED) is 0.528. The zero-order chi connectivity index (χ0) is 15.1. The second-order valence-corrected chi connectivity index (χ2v) is 4.46. The lowest BCUT2D eigenvalue weighted by molar-refractivity contribution is 0.128. The minimum absolute atomic E-state index is 0.0201. The lowest BCUT2D eigenvalue weighted by atomic mass is 10.2. The van der Waals surface area contributed by atoms with Gasteiger partial charge in [-0.25, -0.2) is 15.8 Å². The van der Waals surface area contributed by atoms with Crippen LogP contribution in [0.25, 0.3) is 0 Å². The molecule has 2 aromatic rings. The van der Waals surface area contributed by atoms with Crippen LogP contribution in [-0.4, -0.2) is 21.6 Å². The number of hydrogen-bond donors (Lipinski definition) is 3. The average molecular weight is 288 g/mol. The Labute approximate surface area is 123 Å². The number of nitrogens with zero attached hydrogens (tertiary/aromatic N) is 3. The maximum Gasteiger partial charge on any atom is 0.158 e. The minimum atomic E-state index is 0.0201. The van der Waals surface area contributed by atoms with Crippen molar-refractivity contribution in [1.82, 2.24) is 15.0 Å².